The summed E-state index contributed by atoms with van der Waals surface area (Å²) in [6, 6.07) is 7.15. The lowest BCUT2D eigenvalue weighted by Crippen LogP contribution is -2.27. The fourth-order valence-corrected chi connectivity index (χ4v) is 2.61. The van der Waals surface area contributed by atoms with Crippen molar-refractivity contribution in [1.29, 1.82) is 0 Å². The Morgan fingerprint density at radius 3 is 2.64 bits per heavy atom. The summed E-state index contributed by atoms with van der Waals surface area (Å²) < 4.78 is 16.4. The molecule has 0 fully saturated rings. The summed E-state index contributed by atoms with van der Waals surface area (Å²) in [7, 11) is 0. The van der Waals surface area contributed by atoms with Crippen LogP contribution in [0.5, 0.6) is 11.5 Å². The van der Waals surface area contributed by atoms with Gasteiger partial charge in [-0.1, -0.05) is 6.92 Å². The molecule has 0 radical (unpaired) electrons. The van der Waals surface area contributed by atoms with Crippen molar-refractivity contribution in [2.75, 3.05) is 13.2 Å². The number of furan rings is 1. The molecule has 1 unspecified atom stereocenters. The van der Waals surface area contributed by atoms with Gasteiger partial charge >= 0.3 is 0 Å². The molecule has 1 amide bonds. The zero-order valence-corrected chi connectivity index (χ0v) is 12.7. The molecule has 5 heteroatoms. The molecule has 1 atom stereocenters. The van der Waals surface area contributed by atoms with Crippen LogP contribution in [0, 0.1) is 0 Å². The van der Waals surface area contributed by atoms with E-state index in [1.807, 2.05) is 19.1 Å². The van der Waals surface area contributed by atoms with Crippen LogP contribution >= 0.6 is 0 Å². The molecule has 3 rings (SSSR count). The molecule has 1 aliphatic rings. The minimum absolute atomic E-state index is 0.150. The summed E-state index contributed by atoms with van der Waals surface area (Å²) in [5.41, 5.74) is 2.17. The average Bonchev–Trinajstić information content (AvgIpc) is 3.08. The SMILES string of the molecule is CCc1cc2c(cc1C(C)NC(=O)c1ccco1)OCCO2. The Bertz CT molecular complexity index is 664. The number of nitrogens with one attached hydrogen (secondary N) is 1. The number of carbonyl (C=O) groups is 1. The fourth-order valence-electron chi connectivity index (χ4n) is 2.61. The van der Waals surface area contributed by atoms with Gasteiger partial charge in [0, 0.05) is 0 Å². The Labute approximate surface area is 129 Å². The van der Waals surface area contributed by atoms with Crippen LogP contribution in [-0.2, 0) is 6.42 Å². The van der Waals surface area contributed by atoms with Gasteiger partial charge in [0.05, 0.1) is 12.3 Å². The Morgan fingerprint density at radius 1 is 1.27 bits per heavy atom. The number of carbonyl (C=O) groups excluding carboxylic acids is 1. The summed E-state index contributed by atoms with van der Waals surface area (Å²) in [5.74, 6) is 1.59. The molecule has 0 bridgehead atoms. The Morgan fingerprint density at radius 2 is 2.00 bits per heavy atom. The van der Waals surface area contributed by atoms with Crippen molar-refractivity contribution in [3.05, 3.63) is 47.4 Å². The second kappa shape index (κ2) is 6.13. The van der Waals surface area contributed by atoms with E-state index in [4.69, 9.17) is 13.9 Å². The summed E-state index contributed by atoms with van der Waals surface area (Å²) in [4.78, 5) is 12.1. The van der Waals surface area contributed by atoms with Crippen LogP contribution in [0.3, 0.4) is 0 Å². The molecular weight excluding hydrogens is 282 g/mol. The Kier molecular flexibility index (Phi) is 4.04. The normalized spacial score (nSPS) is 14.5. The standard InChI is InChI=1S/C17H19NO4/c1-3-12-9-15-16(22-8-7-21-15)10-13(12)11(2)18-17(19)14-5-4-6-20-14/h4-6,9-11H,3,7-8H2,1-2H3,(H,18,19). The highest BCUT2D eigenvalue weighted by Crippen LogP contribution is 2.35. The maximum atomic E-state index is 12.1. The van der Waals surface area contributed by atoms with Crippen LogP contribution < -0.4 is 14.8 Å². The topological polar surface area (TPSA) is 60.7 Å². The highest BCUT2D eigenvalue weighted by Gasteiger charge is 2.20. The first-order valence-electron chi connectivity index (χ1n) is 7.45. The molecule has 1 aliphatic heterocycles. The molecule has 0 saturated heterocycles. The van der Waals surface area contributed by atoms with Gasteiger partial charge in [-0.05, 0) is 48.7 Å². The highest BCUT2D eigenvalue weighted by atomic mass is 16.6. The van der Waals surface area contributed by atoms with Crippen molar-refractivity contribution in [1.82, 2.24) is 5.32 Å². The van der Waals surface area contributed by atoms with Crippen LogP contribution in [0.25, 0.3) is 0 Å². The molecule has 1 aromatic carbocycles. The lowest BCUT2D eigenvalue weighted by Gasteiger charge is -2.23. The fraction of sp³-hybridized carbons (Fsp3) is 0.353. The van der Waals surface area contributed by atoms with Crippen LogP contribution in [0.2, 0.25) is 0 Å². The predicted molar refractivity (Wildman–Crippen MR) is 81.4 cm³/mol. The molecule has 1 aromatic heterocycles. The first kappa shape index (κ1) is 14.5. The third-order valence-corrected chi connectivity index (χ3v) is 3.74. The first-order chi connectivity index (χ1) is 10.7. The quantitative estimate of drug-likeness (QED) is 0.942. The van der Waals surface area contributed by atoms with E-state index in [1.165, 1.54) is 6.26 Å². The number of ether oxygens (including phenoxy) is 2. The van der Waals surface area contributed by atoms with Crippen LogP contribution in [-0.4, -0.2) is 19.1 Å². The number of fused-ring (bicyclic) bond motifs is 1. The first-order valence-corrected chi connectivity index (χ1v) is 7.45. The molecule has 116 valence electrons. The second-order valence-electron chi connectivity index (χ2n) is 5.22. The van der Waals surface area contributed by atoms with Gasteiger partial charge in [0.15, 0.2) is 17.3 Å². The van der Waals surface area contributed by atoms with Crippen molar-refractivity contribution >= 4 is 5.91 Å². The molecular formula is C17H19NO4. The third-order valence-electron chi connectivity index (χ3n) is 3.74. The number of hydrogen-bond acceptors (Lipinski definition) is 4. The minimum atomic E-state index is -0.227. The molecule has 0 spiro atoms. The van der Waals surface area contributed by atoms with E-state index in [-0.39, 0.29) is 11.9 Å². The van der Waals surface area contributed by atoms with Crippen molar-refractivity contribution in [3.63, 3.8) is 0 Å². The number of rotatable bonds is 4. The van der Waals surface area contributed by atoms with Gasteiger partial charge in [-0.25, -0.2) is 0 Å². The number of aryl methyl sites for hydroxylation is 1. The molecule has 5 nitrogen and oxygen atoms in total. The van der Waals surface area contributed by atoms with Gasteiger partial charge in [-0.3, -0.25) is 4.79 Å². The zero-order valence-electron chi connectivity index (χ0n) is 12.7. The van der Waals surface area contributed by atoms with E-state index < -0.39 is 0 Å². The molecule has 2 aromatic rings. The lowest BCUT2D eigenvalue weighted by atomic mass is 9.98. The highest BCUT2D eigenvalue weighted by molar-refractivity contribution is 5.91. The van der Waals surface area contributed by atoms with E-state index in [2.05, 4.69) is 12.2 Å². The van der Waals surface area contributed by atoms with E-state index in [1.54, 1.807) is 12.1 Å². The lowest BCUT2D eigenvalue weighted by molar-refractivity contribution is 0.0911. The Balaban J connectivity index is 1.84. The van der Waals surface area contributed by atoms with Crippen molar-refractivity contribution in [2.45, 2.75) is 26.3 Å². The summed E-state index contributed by atoms with van der Waals surface area (Å²) in [6.45, 7) is 5.15. The zero-order chi connectivity index (χ0) is 15.5. The Hall–Kier alpha value is -2.43. The number of amides is 1. The molecule has 22 heavy (non-hydrogen) atoms. The second-order valence-corrected chi connectivity index (χ2v) is 5.22. The molecule has 0 aliphatic carbocycles. The van der Waals surface area contributed by atoms with Gasteiger partial charge < -0.3 is 19.2 Å². The van der Waals surface area contributed by atoms with Crippen LogP contribution in [0.1, 0.15) is 41.6 Å². The summed E-state index contributed by atoms with van der Waals surface area (Å²) in [5, 5.41) is 2.95. The summed E-state index contributed by atoms with van der Waals surface area (Å²) in [6.07, 6.45) is 2.34. The van der Waals surface area contributed by atoms with E-state index in [9.17, 15) is 4.79 Å². The maximum absolute atomic E-state index is 12.1. The summed E-state index contributed by atoms with van der Waals surface area (Å²) >= 11 is 0. The number of benzene rings is 1. The monoisotopic (exact) mass is 301 g/mol. The minimum Gasteiger partial charge on any atom is -0.486 e. The van der Waals surface area contributed by atoms with Crippen molar-refractivity contribution < 1.29 is 18.7 Å². The van der Waals surface area contributed by atoms with Gasteiger partial charge in [-0.15, -0.1) is 0 Å². The maximum Gasteiger partial charge on any atom is 0.287 e. The van der Waals surface area contributed by atoms with Gasteiger partial charge in [0.25, 0.3) is 5.91 Å². The van der Waals surface area contributed by atoms with Gasteiger partial charge in [0.1, 0.15) is 13.2 Å². The van der Waals surface area contributed by atoms with Crippen molar-refractivity contribution in [2.24, 2.45) is 0 Å². The van der Waals surface area contributed by atoms with Crippen LogP contribution in [0.4, 0.5) is 0 Å². The largest absolute Gasteiger partial charge is 0.486 e. The van der Waals surface area contributed by atoms with E-state index >= 15 is 0 Å². The van der Waals surface area contributed by atoms with Gasteiger partial charge in [-0.2, -0.15) is 0 Å². The molecule has 2 heterocycles. The predicted octanol–water partition coefficient (Wildman–Crippen LogP) is 3.10. The van der Waals surface area contributed by atoms with Crippen molar-refractivity contribution in [3.8, 4) is 11.5 Å². The molecule has 0 saturated carbocycles. The molecule has 1 N–H and O–H groups in total. The third kappa shape index (κ3) is 2.79. The van der Waals surface area contributed by atoms with Crippen LogP contribution in [0.15, 0.2) is 34.9 Å². The number of hydrogen-bond donors (Lipinski definition) is 1. The van der Waals surface area contributed by atoms with Gasteiger partial charge in [0.2, 0.25) is 0 Å². The average molecular weight is 301 g/mol. The van der Waals surface area contributed by atoms with E-state index in [0.29, 0.717) is 19.0 Å². The smallest absolute Gasteiger partial charge is 0.287 e. The van der Waals surface area contributed by atoms with E-state index in [0.717, 1.165) is 29.0 Å².